The van der Waals surface area contributed by atoms with Crippen molar-refractivity contribution in [1.29, 1.82) is 0 Å². The highest BCUT2D eigenvalue weighted by Gasteiger charge is 2.34. The van der Waals surface area contributed by atoms with Crippen LogP contribution in [-0.2, 0) is 23.9 Å². The third-order valence-electron chi connectivity index (χ3n) is 3.90. The van der Waals surface area contributed by atoms with Crippen LogP contribution in [-0.4, -0.2) is 16.7 Å². The molecular weight excluding hydrogens is 364 g/mol. The number of ketones is 1. The van der Waals surface area contributed by atoms with Gasteiger partial charge in [0.25, 0.3) is 5.91 Å². The number of pyridine rings is 1. The minimum Gasteiger partial charge on any atom is -0.348 e. The quantitative estimate of drug-likeness (QED) is 0.770. The molecule has 1 N–H and O–H groups in total. The molecule has 27 heavy (non-hydrogen) atoms. The molecule has 1 heterocycles. The van der Waals surface area contributed by atoms with Gasteiger partial charge >= 0.3 is 6.18 Å². The Morgan fingerprint density at radius 3 is 2.52 bits per heavy atom. The van der Waals surface area contributed by atoms with Crippen LogP contribution in [0.1, 0.15) is 41.0 Å². The lowest BCUT2D eigenvalue weighted by Crippen LogP contribution is -2.24. The Morgan fingerprint density at radius 2 is 1.89 bits per heavy atom. The van der Waals surface area contributed by atoms with E-state index < -0.39 is 30.0 Å². The fourth-order valence-corrected chi connectivity index (χ4v) is 2.31. The van der Waals surface area contributed by atoms with Crippen molar-refractivity contribution >= 4 is 11.7 Å². The normalized spacial score (nSPS) is 11.5. The Hall–Kier alpha value is -2.77. The number of aromatic nitrogens is 1. The maximum atomic E-state index is 14.0. The molecule has 0 fully saturated rings. The van der Waals surface area contributed by atoms with E-state index in [4.69, 9.17) is 0 Å². The number of carbonyl (C=O) groups excluding carboxylic acids is 2. The average Bonchev–Trinajstić information content (AvgIpc) is 2.59. The molecule has 0 atom stereocenters. The molecule has 0 aliphatic heterocycles. The lowest BCUT2D eigenvalue weighted by Gasteiger charge is -2.12. The highest BCUT2D eigenvalue weighted by atomic mass is 19.4. The lowest BCUT2D eigenvalue weighted by molar-refractivity contribution is -0.140. The van der Waals surface area contributed by atoms with Crippen molar-refractivity contribution in [3.8, 4) is 0 Å². The molecule has 1 amide bonds. The molecule has 1 aromatic heterocycles. The first-order valence-electron chi connectivity index (χ1n) is 8.20. The van der Waals surface area contributed by atoms with E-state index in [-0.39, 0.29) is 29.2 Å². The number of carbonyl (C=O) groups is 2. The fraction of sp³-hybridized carbons (Fsp3) is 0.316. The molecule has 0 radical (unpaired) electrons. The highest BCUT2D eigenvalue weighted by Crippen LogP contribution is 2.32. The van der Waals surface area contributed by atoms with Gasteiger partial charge in [0.1, 0.15) is 11.6 Å². The SMILES string of the molecule is CC(C)C(=O)Cc1cc(C(=O)NCc2cccc(C(F)(F)F)c2F)ccn1. The van der Waals surface area contributed by atoms with Gasteiger partial charge in [-0.05, 0) is 18.2 Å². The van der Waals surface area contributed by atoms with E-state index in [0.717, 1.165) is 6.07 Å². The van der Waals surface area contributed by atoms with Crippen molar-refractivity contribution in [2.45, 2.75) is 33.0 Å². The Morgan fingerprint density at radius 1 is 1.19 bits per heavy atom. The Bertz CT molecular complexity index is 848. The number of alkyl halides is 3. The molecular formula is C19H18F4N2O2. The molecule has 0 saturated carbocycles. The van der Waals surface area contributed by atoms with E-state index in [1.165, 1.54) is 24.4 Å². The van der Waals surface area contributed by atoms with Gasteiger partial charge in [0.2, 0.25) is 0 Å². The van der Waals surface area contributed by atoms with Crippen molar-refractivity contribution in [1.82, 2.24) is 10.3 Å². The smallest absolute Gasteiger partial charge is 0.348 e. The fourth-order valence-electron chi connectivity index (χ4n) is 2.31. The van der Waals surface area contributed by atoms with Crippen LogP contribution in [0.5, 0.6) is 0 Å². The number of hydrogen-bond acceptors (Lipinski definition) is 3. The largest absolute Gasteiger partial charge is 0.419 e. The van der Waals surface area contributed by atoms with E-state index in [1.54, 1.807) is 13.8 Å². The Labute approximate surface area is 153 Å². The minimum absolute atomic E-state index is 0.0360. The number of halogens is 4. The molecule has 0 aliphatic rings. The van der Waals surface area contributed by atoms with Gasteiger partial charge in [0, 0.05) is 41.9 Å². The summed E-state index contributed by atoms with van der Waals surface area (Å²) >= 11 is 0. The van der Waals surface area contributed by atoms with E-state index in [0.29, 0.717) is 11.8 Å². The van der Waals surface area contributed by atoms with Crippen molar-refractivity contribution in [2.24, 2.45) is 5.92 Å². The number of nitrogens with one attached hydrogen (secondary N) is 1. The van der Waals surface area contributed by atoms with Crippen LogP contribution >= 0.6 is 0 Å². The lowest BCUT2D eigenvalue weighted by atomic mass is 10.0. The molecule has 0 aliphatic carbocycles. The van der Waals surface area contributed by atoms with Crippen LogP contribution in [0.2, 0.25) is 0 Å². The molecule has 4 nitrogen and oxygen atoms in total. The van der Waals surface area contributed by atoms with Gasteiger partial charge < -0.3 is 5.32 Å². The predicted octanol–water partition coefficient (Wildman–Crippen LogP) is 3.94. The summed E-state index contributed by atoms with van der Waals surface area (Å²) in [6, 6.07) is 5.72. The second-order valence-corrected chi connectivity index (χ2v) is 6.29. The standard InChI is InChI=1S/C19H18F4N2O2/c1-11(2)16(26)9-14-8-12(6-7-24-14)18(27)25-10-13-4-3-5-15(17(13)20)19(21,22)23/h3-8,11H,9-10H2,1-2H3,(H,25,27). The van der Waals surface area contributed by atoms with Gasteiger partial charge in [-0.2, -0.15) is 13.2 Å². The van der Waals surface area contributed by atoms with Gasteiger partial charge in [0.05, 0.1) is 5.56 Å². The topological polar surface area (TPSA) is 59.1 Å². The highest BCUT2D eigenvalue weighted by molar-refractivity contribution is 5.94. The summed E-state index contributed by atoms with van der Waals surface area (Å²) in [5, 5.41) is 2.38. The summed E-state index contributed by atoms with van der Waals surface area (Å²) in [6.07, 6.45) is -3.38. The maximum Gasteiger partial charge on any atom is 0.419 e. The Balaban J connectivity index is 2.10. The second kappa shape index (κ2) is 8.28. The van der Waals surface area contributed by atoms with E-state index >= 15 is 0 Å². The van der Waals surface area contributed by atoms with E-state index in [1.807, 2.05) is 0 Å². The van der Waals surface area contributed by atoms with Gasteiger partial charge in [-0.3, -0.25) is 14.6 Å². The number of rotatable bonds is 6. The Kier molecular flexibility index (Phi) is 6.30. The van der Waals surface area contributed by atoms with Crippen molar-refractivity contribution < 1.29 is 27.2 Å². The monoisotopic (exact) mass is 382 g/mol. The number of nitrogens with zero attached hydrogens (tertiary/aromatic N) is 1. The van der Waals surface area contributed by atoms with Crippen molar-refractivity contribution in [2.75, 3.05) is 0 Å². The predicted molar refractivity (Wildman–Crippen MR) is 90.4 cm³/mol. The summed E-state index contributed by atoms with van der Waals surface area (Å²) in [4.78, 5) is 28.0. The number of benzene rings is 1. The maximum absolute atomic E-state index is 14.0. The first kappa shape index (κ1) is 20.5. The minimum atomic E-state index is -4.81. The molecule has 2 aromatic rings. The van der Waals surface area contributed by atoms with Crippen LogP contribution in [0.4, 0.5) is 17.6 Å². The summed E-state index contributed by atoms with van der Waals surface area (Å²) in [6.45, 7) is 3.10. The summed E-state index contributed by atoms with van der Waals surface area (Å²) < 4.78 is 52.2. The third-order valence-corrected chi connectivity index (χ3v) is 3.90. The van der Waals surface area contributed by atoms with Crippen LogP contribution in [0.15, 0.2) is 36.5 Å². The summed E-state index contributed by atoms with van der Waals surface area (Å²) in [5.41, 5.74) is -1.06. The molecule has 0 saturated heterocycles. The summed E-state index contributed by atoms with van der Waals surface area (Å²) in [7, 11) is 0. The zero-order chi connectivity index (χ0) is 20.2. The molecule has 8 heteroatoms. The van der Waals surface area contributed by atoms with Gasteiger partial charge in [-0.1, -0.05) is 26.0 Å². The molecule has 1 aromatic carbocycles. The number of amides is 1. The van der Waals surface area contributed by atoms with E-state index in [2.05, 4.69) is 10.3 Å². The van der Waals surface area contributed by atoms with Gasteiger partial charge in [-0.25, -0.2) is 4.39 Å². The van der Waals surface area contributed by atoms with Crippen LogP contribution in [0.3, 0.4) is 0 Å². The number of hydrogen-bond donors (Lipinski definition) is 1. The zero-order valence-electron chi connectivity index (χ0n) is 14.7. The van der Waals surface area contributed by atoms with Crippen LogP contribution in [0, 0.1) is 11.7 Å². The van der Waals surface area contributed by atoms with Gasteiger partial charge in [0.15, 0.2) is 0 Å². The molecule has 0 bridgehead atoms. The van der Waals surface area contributed by atoms with Gasteiger partial charge in [-0.15, -0.1) is 0 Å². The molecule has 144 valence electrons. The van der Waals surface area contributed by atoms with Crippen molar-refractivity contribution in [3.63, 3.8) is 0 Å². The van der Waals surface area contributed by atoms with Crippen LogP contribution < -0.4 is 5.32 Å². The molecule has 0 unspecified atom stereocenters. The third kappa shape index (κ3) is 5.35. The average molecular weight is 382 g/mol. The van der Waals surface area contributed by atoms with Crippen molar-refractivity contribution in [3.05, 3.63) is 64.7 Å². The first-order chi connectivity index (χ1) is 12.6. The summed E-state index contributed by atoms with van der Waals surface area (Å²) in [5.74, 6) is -2.23. The van der Waals surface area contributed by atoms with Crippen LogP contribution in [0.25, 0.3) is 0 Å². The van der Waals surface area contributed by atoms with E-state index in [9.17, 15) is 27.2 Å². The number of Topliss-reactive ketones (excluding diaryl/α,β-unsaturated/α-hetero) is 1. The zero-order valence-corrected chi connectivity index (χ0v) is 14.7. The second-order valence-electron chi connectivity index (χ2n) is 6.29. The molecule has 2 rings (SSSR count). The molecule has 0 spiro atoms. The first-order valence-corrected chi connectivity index (χ1v) is 8.20.